The maximum absolute atomic E-state index is 12.8. The van der Waals surface area contributed by atoms with Crippen LogP contribution in [-0.2, 0) is 11.8 Å². The summed E-state index contributed by atoms with van der Waals surface area (Å²) in [7, 11) is 0. The predicted molar refractivity (Wildman–Crippen MR) is 147 cm³/mol. The van der Waals surface area contributed by atoms with E-state index >= 15 is 0 Å². The van der Waals surface area contributed by atoms with Crippen molar-refractivity contribution in [2.75, 3.05) is 6.54 Å². The van der Waals surface area contributed by atoms with Crippen molar-refractivity contribution in [2.24, 2.45) is 17.6 Å². The molecule has 2 aliphatic carbocycles. The molecule has 1 aromatic carbocycles. The number of rotatable bonds is 12. The van der Waals surface area contributed by atoms with Crippen LogP contribution in [0.3, 0.4) is 0 Å². The quantitative estimate of drug-likeness (QED) is 0.322. The fourth-order valence-corrected chi connectivity index (χ4v) is 5.85. The van der Waals surface area contributed by atoms with Crippen LogP contribution in [0.25, 0.3) is 0 Å². The van der Waals surface area contributed by atoms with Gasteiger partial charge in [0.25, 0.3) is 0 Å². The number of hydrogen-bond acceptors (Lipinski definition) is 2. The Hall–Kier alpha value is -1.61. The monoisotopic (exact) mass is 470 g/mol. The summed E-state index contributed by atoms with van der Waals surface area (Å²) in [5.74, 6) is 1.25. The first-order valence-corrected chi connectivity index (χ1v) is 14.0. The van der Waals surface area contributed by atoms with Crippen molar-refractivity contribution in [3.63, 3.8) is 0 Å². The number of nitrogens with two attached hydrogens (primary N) is 1. The molecule has 0 aromatic heterocycles. The van der Waals surface area contributed by atoms with E-state index in [1.807, 2.05) is 13.8 Å². The van der Waals surface area contributed by atoms with Gasteiger partial charge in [0.1, 0.15) is 0 Å². The summed E-state index contributed by atoms with van der Waals surface area (Å²) in [6, 6.07) is 9.80. The number of aryl methyl sites for hydroxylation is 1. The summed E-state index contributed by atoms with van der Waals surface area (Å²) in [6.07, 6.45) is 15.3. The van der Waals surface area contributed by atoms with E-state index in [4.69, 9.17) is 5.73 Å². The van der Waals surface area contributed by atoms with E-state index in [0.29, 0.717) is 42.2 Å². The Kier molecular flexibility index (Phi) is 12.4. The molecule has 2 saturated carbocycles. The summed E-state index contributed by atoms with van der Waals surface area (Å²) in [6.45, 7) is 13.4. The van der Waals surface area contributed by atoms with E-state index in [1.165, 1.54) is 81.0 Å². The number of hydrogen-bond donors (Lipinski definition) is 2. The Morgan fingerprint density at radius 2 is 1.82 bits per heavy atom. The summed E-state index contributed by atoms with van der Waals surface area (Å²) in [5, 5.41) is 3.78. The summed E-state index contributed by atoms with van der Waals surface area (Å²) in [5.41, 5.74) is 10.6. The molecule has 1 unspecified atom stereocenters. The molecule has 192 valence electrons. The lowest BCUT2D eigenvalue weighted by Crippen LogP contribution is -2.46. The van der Waals surface area contributed by atoms with Crippen LogP contribution in [0.4, 0.5) is 4.39 Å². The number of allylic oxidation sites excluding steroid dienone is 1. The number of halogens is 1. The lowest BCUT2D eigenvalue weighted by molar-refractivity contribution is 0.0911. The van der Waals surface area contributed by atoms with Gasteiger partial charge in [0, 0.05) is 18.3 Å². The number of nitrogens with one attached hydrogen (secondary N) is 1. The molecule has 1 atom stereocenters. The topological polar surface area (TPSA) is 38.0 Å². The highest BCUT2D eigenvalue weighted by Crippen LogP contribution is 2.54. The molecular formula is C31H51FN2. The van der Waals surface area contributed by atoms with E-state index in [-0.39, 0.29) is 0 Å². The molecule has 0 spiro atoms. The highest BCUT2D eigenvalue weighted by Gasteiger charge is 2.47. The molecule has 0 saturated heterocycles. The first-order valence-electron chi connectivity index (χ1n) is 14.0. The Morgan fingerprint density at radius 1 is 1.18 bits per heavy atom. The zero-order chi connectivity index (χ0) is 25.0. The second-order valence-corrected chi connectivity index (χ2v) is 10.5. The average Bonchev–Trinajstić information content (AvgIpc) is 2.86. The lowest BCUT2D eigenvalue weighted by atomic mass is 9.53. The van der Waals surface area contributed by atoms with Crippen LogP contribution in [0.1, 0.15) is 109 Å². The Morgan fingerprint density at radius 3 is 2.38 bits per heavy atom. The van der Waals surface area contributed by atoms with Crippen LogP contribution in [0.2, 0.25) is 0 Å². The Bertz CT molecular complexity index is 739. The summed E-state index contributed by atoms with van der Waals surface area (Å²) >= 11 is 0. The lowest BCUT2D eigenvalue weighted by Gasteiger charge is -2.51. The SMILES string of the molecule is C=C(NC1CCCCC1)C(C)C1CC(CCCC)(c2ccc(CC/C(=C/F)CN)cc2)C1.CC. The fourth-order valence-electron chi connectivity index (χ4n) is 5.85. The standard InChI is InChI=1S/C29H45FN2.C2H6/c1-4-5-17-29(27-15-13-24(14-16-27)11-12-25(20-30)21-31)18-26(19-29)22(2)23(3)32-28-9-7-6-8-10-28;1-2/h13-16,20,22,26,28,32H,3-12,17-19,21,31H2,1-2H3;1-2H3/b25-20-;. The van der Waals surface area contributed by atoms with E-state index < -0.39 is 0 Å². The Balaban J connectivity index is 0.00000199. The van der Waals surface area contributed by atoms with Gasteiger partial charge in [-0.2, -0.15) is 0 Å². The van der Waals surface area contributed by atoms with Crippen molar-refractivity contribution in [2.45, 2.75) is 116 Å². The normalized spacial score (nSPS) is 23.9. The molecule has 1 aromatic rings. The van der Waals surface area contributed by atoms with Gasteiger partial charge < -0.3 is 11.1 Å². The van der Waals surface area contributed by atoms with Crippen molar-refractivity contribution < 1.29 is 4.39 Å². The van der Waals surface area contributed by atoms with Gasteiger partial charge >= 0.3 is 0 Å². The number of benzene rings is 1. The molecule has 2 aliphatic rings. The minimum atomic E-state index is 0.301. The molecule has 34 heavy (non-hydrogen) atoms. The van der Waals surface area contributed by atoms with Gasteiger partial charge in [-0.15, -0.1) is 0 Å². The van der Waals surface area contributed by atoms with Crippen LogP contribution >= 0.6 is 0 Å². The number of unbranched alkanes of at least 4 members (excludes halogenated alkanes) is 1. The molecule has 2 fully saturated rings. The van der Waals surface area contributed by atoms with Gasteiger partial charge in [-0.25, -0.2) is 4.39 Å². The highest BCUT2D eigenvalue weighted by atomic mass is 19.1. The van der Waals surface area contributed by atoms with E-state index in [2.05, 4.69) is 50.0 Å². The fraction of sp³-hybridized carbons (Fsp3) is 0.677. The van der Waals surface area contributed by atoms with E-state index in [9.17, 15) is 4.39 Å². The second kappa shape index (κ2) is 14.7. The third-order valence-corrected chi connectivity index (χ3v) is 8.28. The third kappa shape index (κ3) is 7.70. The zero-order valence-electron chi connectivity index (χ0n) is 22.5. The first kappa shape index (κ1) is 28.6. The largest absolute Gasteiger partial charge is 0.386 e. The molecule has 0 aliphatic heterocycles. The third-order valence-electron chi connectivity index (χ3n) is 8.28. The van der Waals surface area contributed by atoms with Gasteiger partial charge in [-0.3, -0.25) is 0 Å². The molecule has 2 nitrogen and oxygen atoms in total. The first-order chi connectivity index (χ1) is 16.5. The molecular weight excluding hydrogens is 419 g/mol. The predicted octanol–water partition coefficient (Wildman–Crippen LogP) is 8.37. The van der Waals surface area contributed by atoms with Crippen molar-refractivity contribution in [1.29, 1.82) is 0 Å². The van der Waals surface area contributed by atoms with Crippen molar-refractivity contribution in [3.05, 3.63) is 59.6 Å². The van der Waals surface area contributed by atoms with E-state index in [1.54, 1.807) is 0 Å². The summed E-state index contributed by atoms with van der Waals surface area (Å²) < 4.78 is 12.8. The van der Waals surface area contributed by atoms with E-state index in [0.717, 1.165) is 12.3 Å². The van der Waals surface area contributed by atoms with Crippen molar-refractivity contribution in [1.82, 2.24) is 5.32 Å². The van der Waals surface area contributed by atoms with Crippen LogP contribution in [0, 0.1) is 11.8 Å². The Labute approximate surface area is 209 Å². The summed E-state index contributed by atoms with van der Waals surface area (Å²) in [4.78, 5) is 0. The van der Waals surface area contributed by atoms with Gasteiger partial charge in [-0.05, 0) is 78.9 Å². The minimum absolute atomic E-state index is 0.301. The molecule has 0 amide bonds. The van der Waals surface area contributed by atoms with Gasteiger partial charge in [-0.1, -0.05) is 90.6 Å². The van der Waals surface area contributed by atoms with Crippen LogP contribution in [-0.4, -0.2) is 12.6 Å². The molecule has 0 radical (unpaired) electrons. The van der Waals surface area contributed by atoms with Crippen LogP contribution in [0.5, 0.6) is 0 Å². The smallest absolute Gasteiger partial charge is 0.0871 e. The maximum Gasteiger partial charge on any atom is 0.0871 e. The molecule has 3 rings (SSSR count). The molecule has 3 N–H and O–H groups in total. The second-order valence-electron chi connectivity index (χ2n) is 10.5. The minimum Gasteiger partial charge on any atom is -0.386 e. The molecule has 0 heterocycles. The van der Waals surface area contributed by atoms with Crippen molar-refractivity contribution >= 4 is 0 Å². The molecule has 0 bridgehead atoms. The van der Waals surface area contributed by atoms with Gasteiger partial charge in [0.2, 0.25) is 0 Å². The van der Waals surface area contributed by atoms with Gasteiger partial charge in [0.15, 0.2) is 0 Å². The highest BCUT2D eigenvalue weighted by molar-refractivity contribution is 5.33. The van der Waals surface area contributed by atoms with Crippen LogP contribution in [0.15, 0.2) is 48.4 Å². The zero-order valence-corrected chi connectivity index (χ0v) is 22.5. The molecule has 3 heteroatoms. The van der Waals surface area contributed by atoms with Crippen LogP contribution < -0.4 is 11.1 Å². The van der Waals surface area contributed by atoms with Crippen molar-refractivity contribution in [3.8, 4) is 0 Å². The maximum atomic E-state index is 12.8. The average molecular weight is 471 g/mol. The van der Waals surface area contributed by atoms with Gasteiger partial charge in [0.05, 0.1) is 6.33 Å².